The van der Waals surface area contributed by atoms with Crippen molar-refractivity contribution in [3.8, 4) is 0 Å². The molecule has 0 bridgehead atoms. The molecule has 0 aromatic carbocycles. The molecular formula is C13H11ClFeO. The van der Waals surface area contributed by atoms with Crippen LogP contribution in [0.25, 0.3) is 0 Å². The Morgan fingerprint density at radius 2 is 1.38 bits per heavy atom. The SMILES string of the molecule is O=C/C(=C\Cl)[C]1[CH][CH][CH][CH]1.[CH]1[CH][CH][CH][CH]1.[Fe]. The maximum atomic E-state index is 10.3. The average molecular weight is 275 g/mol. The molecule has 0 saturated heterocycles. The third-order valence-electron chi connectivity index (χ3n) is 1.80. The van der Waals surface area contributed by atoms with Crippen molar-refractivity contribution in [2.75, 3.05) is 0 Å². The van der Waals surface area contributed by atoms with Gasteiger partial charge in [0.15, 0.2) is 0 Å². The van der Waals surface area contributed by atoms with E-state index >= 15 is 0 Å². The Labute approximate surface area is 114 Å². The molecule has 2 aliphatic carbocycles. The second-order valence-corrected chi connectivity index (χ2v) is 3.04. The largest absolute Gasteiger partial charge is 0.298 e. The van der Waals surface area contributed by atoms with Crippen LogP contribution in [0.4, 0.5) is 0 Å². The average Bonchev–Trinajstić information content (AvgIpc) is 2.96. The number of hydrogen-bond donors (Lipinski definition) is 0. The second-order valence-electron chi connectivity index (χ2n) is 2.82. The van der Waals surface area contributed by atoms with Crippen LogP contribution in [0.1, 0.15) is 0 Å². The van der Waals surface area contributed by atoms with Gasteiger partial charge in [-0.05, 0) is 57.8 Å². The minimum absolute atomic E-state index is 0. The number of allylic oxidation sites excluding steroid dienone is 1. The molecule has 84 valence electrons. The van der Waals surface area contributed by atoms with Crippen molar-refractivity contribution in [2.24, 2.45) is 0 Å². The monoisotopic (exact) mass is 274 g/mol. The van der Waals surface area contributed by atoms with E-state index in [1.165, 1.54) is 5.54 Å². The van der Waals surface area contributed by atoms with Gasteiger partial charge < -0.3 is 0 Å². The van der Waals surface area contributed by atoms with Crippen molar-refractivity contribution in [1.29, 1.82) is 0 Å². The van der Waals surface area contributed by atoms with Crippen molar-refractivity contribution in [3.05, 3.63) is 74.8 Å². The summed E-state index contributed by atoms with van der Waals surface area (Å²) in [6.45, 7) is 0. The van der Waals surface area contributed by atoms with E-state index in [2.05, 4.69) is 0 Å². The van der Waals surface area contributed by atoms with Gasteiger partial charge >= 0.3 is 0 Å². The molecule has 2 aliphatic rings. The first-order valence-corrected chi connectivity index (χ1v) is 4.96. The fraction of sp³-hybridized carbons (Fsp3) is 0. The van der Waals surface area contributed by atoms with Crippen LogP contribution in [0, 0.1) is 63.7 Å². The van der Waals surface area contributed by atoms with Gasteiger partial charge in [-0.1, -0.05) is 11.6 Å². The quantitative estimate of drug-likeness (QED) is 0.430. The van der Waals surface area contributed by atoms with Crippen molar-refractivity contribution >= 4 is 17.9 Å². The maximum absolute atomic E-state index is 10.3. The fourth-order valence-corrected chi connectivity index (χ4v) is 1.22. The van der Waals surface area contributed by atoms with E-state index in [9.17, 15) is 4.79 Å². The van der Waals surface area contributed by atoms with Crippen LogP contribution in [0.2, 0.25) is 0 Å². The van der Waals surface area contributed by atoms with E-state index in [-0.39, 0.29) is 17.1 Å². The summed E-state index contributed by atoms with van der Waals surface area (Å²) in [5.41, 5.74) is 1.80. The Kier molecular flexibility index (Phi) is 10.5. The first-order chi connectivity index (χ1) is 7.38. The van der Waals surface area contributed by atoms with Gasteiger partial charge in [-0.25, -0.2) is 0 Å². The summed E-state index contributed by atoms with van der Waals surface area (Å²) in [7, 11) is 0. The molecule has 0 spiro atoms. The number of carbonyl (C=O) groups excluding carboxylic acids is 1. The minimum Gasteiger partial charge on any atom is -0.298 e. The summed E-state index contributed by atoms with van der Waals surface area (Å²) in [6, 6.07) is 0. The summed E-state index contributed by atoms with van der Waals surface area (Å²) in [6.07, 6.45) is 18.1. The molecule has 0 amide bonds. The zero-order valence-corrected chi connectivity index (χ0v) is 10.4. The van der Waals surface area contributed by atoms with Crippen molar-refractivity contribution in [2.45, 2.75) is 0 Å². The Hall–Kier alpha value is 0.219. The molecule has 0 unspecified atom stereocenters. The third-order valence-corrected chi connectivity index (χ3v) is 2.03. The van der Waals surface area contributed by atoms with Crippen LogP contribution in [-0.2, 0) is 21.9 Å². The first kappa shape index (κ1) is 16.2. The number of halogens is 1. The Balaban J connectivity index is 0.000000318. The predicted molar refractivity (Wildman–Crippen MR) is 61.9 cm³/mol. The minimum atomic E-state index is 0. The fourth-order valence-electron chi connectivity index (χ4n) is 1.04. The predicted octanol–water partition coefficient (Wildman–Crippen LogP) is 2.73. The molecule has 0 aromatic rings. The Bertz CT molecular complexity index is 198. The van der Waals surface area contributed by atoms with Crippen LogP contribution in [0.3, 0.4) is 0 Å². The van der Waals surface area contributed by atoms with Crippen molar-refractivity contribution < 1.29 is 21.9 Å². The van der Waals surface area contributed by atoms with E-state index in [4.69, 9.17) is 11.6 Å². The van der Waals surface area contributed by atoms with E-state index in [1.54, 1.807) is 0 Å². The number of carbonyl (C=O) groups is 1. The smallest absolute Gasteiger partial charge is 0.147 e. The molecule has 0 atom stereocenters. The molecule has 2 fully saturated rings. The topological polar surface area (TPSA) is 17.1 Å². The van der Waals surface area contributed by atoms with Gasteiger partial charge in [-0.15, -0.1) is 0 Å². The molecular weight excluding hydrogens is 263 g/mol. The Morgan fingerprint density at radius 3 is 1.69 bits per heavy atom. The summed E-state index contributed by atoms with van der Waals surface area (Å²) >= 11 is 5.37. The molecule has 3 heteroatoms. The van der Waals surface area contributed by atoms with E-state index in [0.29, 0.717) is 5.57 Å². The van der Waals surface area contributed by atoms with Crippen LogP contribution in [0.5, 0.6) is 0 Å². The molecule has 2 rings (SSSR count). The van der Waals surface area contributed by atoms with Crippen molar-refractivity contribution in [3.63, 3.8) is 0 Å². The molecule has 0 heterocycles. The molecule has 0 aromatic heterocycles. The molecule has 2 saturated carbocycles. The van der Waals surface area contributed by atoms with Gasteiger partial charge in [-0.3, -0.25) is 4.79 Å². The summed E-state index contributed by atoms with van der Waals surface area (Å²) in [5, 5.41) is 0. The van der Waals surface area contributed by atoms with Crippen LogP contribution in [0.15, 0.2) is 11.1 Å². The standard InChI is InChI=1S/C8H6ClO.C5H5.Fe/c9-5-8(6-10)7-3-1-2-4-7;1-2-4-5-3-1;/h1-6H;1-5H;/b8-5+;;. The van der Waals surface area contributed by atoms with Crippen molar-refractivity contribution in [1.82, 2.24) is 0 Å². The summed E-state index contributed by atoms with van der Waals surface area (Å²) in [4.78, 5) is 10.3. The van der Waals surface area contributed by atoms with E-state index < -0.39 is 0 Å². The maximum Gasteiger partial charge on any atom is 0.147 e. The van der Waals surface area contributed by atoms with Crippen LogP contribution < -0.4 is 0 Å². The molecule has 0 N–H and O–H groups in total. The third kappa shape index (κ3) is 6.08. The first-order valence-electron chi connectivity index (χ1n) is 4.53. The van der Waals surface area contributed by atoms with Gasteiger partial charge in [0.05, 0.1) is 0 Å². The Morgan fingerprint density at radius 1 is 0.938 bits per heavy atom. The summed E-state index contributed by atoms with van der Waals surface area (Å²) in [5.74, 6) is 0.866. The normalized spacial score (nSPS) is 20.9. The number of hydrogen-bond acceptors (Lipinski definition) is 1. The molecule has 0 aliphatic heterocycles. The van der Waals surface area contributed by atoms with E-state index in [1.807, 2.05) is 57.8 Å². The summed E-state index contributed by atoms with van der Waals surface area (Å²) < 4.78 is 0. The van der Waals surface area contributed by atoms with Gasteiger partial charge in [-0.2, -0.15) is 0 Å². The second kappa shape index (κ2) is 10.4. The van der Waals surface area contributed by atoms with Gasteiger partial charge in [0.1, 0.15) is 6.29 Å². The van der Waals surface area contributed by atoms with Crippen LogP contribution in [-0.4, -0.2) is 6.29 Å². The molecule has 10 radical (unpaired) electrons. The van der Waals surface area contributed by atoms with Crippen LogP contribution >= 0.6 is 11.6 Å². The van der Waals surface area contributed by atoms with E-state index in [0.717, 1.165) is 12.2 Å². The van der Waals surface area contributed by atoms with Gasteiger partial charge in [0, 0.05) is 34.1 Å². The molecule has 16 heavy (non-hydrogen) atoms. The van der Waals surface area contributed by atoms with Gasteiger partial charge in [0.25, 0.3) is 0 Å². The zero-order chi connectivity index (χ0) is 10.9. The zero-order valence-electron chi connectivity index (χ0n) is 8.49. The number of rotatable bonds is 2. The van der Waals surface area contributed by atoms with Gasteiger partial charge in [0.2, 0.25) is 0 Å². The molecule has 1 nitrogen and oxygen atoms in total. The number of aldehydes is 1.